The molecule has 0 aromatic heterocycles. The molecule has 0 spiro atoms. The minimum absolute atomic E-state index is 0.0290. The molecule has 0 aliphatic carbocycles. The maximum atomic E-state index is 12.3. The lowest BCUT2D eigenvalue weighted by Gasteiger charge is -2.08. The Bertz CT molecular complexity index is 785. The van der Waals surface area contributed by atoms with Gasteiger partial charge in [0.15, 0.2) is 5.78 Å². The molecule has 5 nitrogen and oxygen atoms in total. The summed E-state index contributed by atoms with van der Waals surface area (Å²) in [6.07, 6.45) is 0.311. The molecule has 136 valence electrons. The number of rotatable bonds is 8. The summed E-state index contributed by atoms with van der Waals surface area (Å²) >= 11 is 0. The Morgan fingerprint density at radius 1 is 0.846 bits per heavy atom. The number of Topliss-reactive ketones (excluding diaryl/α,β-unsaturated/α-hetero) is 1. The molecule has 0 heterocycles. The Morgan fingerprint density at radius 2 is 1.54 bits per heavy atom. The number of amides is 2. The molecular formula is C21H24N2O3. The van der Waals surface area contributed by atoms with E-state index in [4.69, 9.17) is 0 Å². The maximum absolute atomic E-state index is 12.3. The van der Waals surface area contributed by atoms with Crippen molar-refractivity contribution in [3.05, 3.63) is 70.8 Å². The predicted octanol–water partition coefficient (Wildman–Crippen LogP) is 2.81. The molecule has 0 saturated heterocycles. The highest BCUT2D eigenvalue weighted by molar-refractivity contribution is 5.99. The maximum Gasteiger partial charge on any atom is 0.251 e. The minimum Gasteiger partial charge on any atom is -0.354 e. The van der Waals surface area contributed by atoms with E-state index in [-0.39, 0.29) is 30.4 Å². The van der Waals surface area contributed by atoms with Crippen LogP contribution in [0.2, 0.25) is 0 Å². The number of benzene rings is 2. The second-order valence-corrected chi connectivity index (χ2v) is 6.21. The van der Waals surface area contributed by atoms with Crippen molar-refractivity contribution in [2.75, 3.05) is 13.1 Å². The molecule has 0 aliphatic heterocycles. The van der Waals surface area contributed by atoms with Crippen LogP contribution in [0.4, 0.5) is 0 Å². The number of carbonyl (C=O) groups is 3. The van der Waals surface area contributed by atoms with Gasteiger partial charge in [0.05, 0.1) is 0 Å². The molecular weight excluding hydrogens is 328 g/mol. The number of carbonyl (C=O) groups excluding carboxylic acids is 3. The predicted molar refractivity (Wildman–Crippen MR) is 101 cm³/mol. The number of aryl methyl sites for hydroxylation is 2. The quantitative estimate of drug-likeness (QED) is 0.567. The van der Waals surface area contributed by atoms with Crippen LogP contribution in [-0.4, -0.2) is 30.7 Å². The molecule has 0 saturated carbocycles. The van der Waals surface area contributed by atoms with E-state index in [0.717, 1.165) is 11.1 Å². The fraction of sp³-hybridized carbons (Fsp3) is 0.286. The molecule has 0 atom stereocenters. The van der Waals surface area contributed by atoms with Crippen LogP contribution in [0.25, 0.3) is 0 Å². The highest BCUT2D eigenvalue weighted by atomic mass is 16.2. The first kappa shape index (κ1) is 19.4. The van der Waals surface area contributed by atoms with Crippen LogP contribution in [-0.2, 0) is 4.79 Å². The zero-order valence-electron chi connectivity index (χ0n) is 15.2. The average molecular weight is 352 g/mol. The highest BCUT2D eigenvalue weighted by Gasteiger charge is 2.12. The van der Waals surface area contributed by atoms with E-state index in [1.807, 2.05) is 38.1 Å². The van der Waals surface area contributed by atoms with E-state index in [1.54, 1.807) is 24.3 Å². The lowest BCUT2D eigenvalue weighted by Crippen LogP contribution is -2.34. The van der Waals surface area contributed by atoms with Crippen LogP contribution >= 0.6 is 0 Å². The smallest absolute Gasteiger partial charge is 0.251 e. The van der Waals surface area contributed by atoms with Crippen LogP contribution in [0, 0.1) is 13.8 Å². The summed E-state index contributed by atoms with van der Waals surface area (Å²) in [6, 6.07) is 14.6. The molecule has 0 bridgehead atoms. The zero-order valence-corrected chi connectivity index (χ0v) is 15.2. The summed E-state index contributed by atoms with van der Waals surface area (Å²) in [4.78, 5) is 36.0. The molecule has 0 fully saturated rings. The summed E-state index contributed by atoms with van der Waals surface area (Å²) in [7, 11) is 0. The van der Waals surface area contributed by atoms with Gasteiger partial charge >= 0.3 is 0 Å². The van der Waals surface area contributed by atoms with Gasteiger partial charge in [-0.3, -0.25) is 14.4 Å². The highest BCUT2D eigenvalue weighted by Crippen LogP contribution is 2.13. The monoisotopic (exact) mass is 352 g/mol. The van der Waals surface area contributed by atoms with Gasteiger partial charge in [0, 0.05) is 37.1 Å². The molecule has 2 amide bonds. The molecule has 2 aromatic rings. The summed E-state index contributed by atoms with van der Waals surface area (Å²) in [5, 5.41) is 5.45. The SMILES string of the molecule is Cc1ccc(C)c(C(=O)CCC(=O)NCCNC(=O)c2ccccc2)c1. The second kappa shape index (κ2) is 9.51. The Kier molecular flexibility index (Phi) is 7.09. The Balaban J connectivity index is 1.68. The van der Waals surface area contributed by atoms with Gasteiger partial charge in [0.25, 0.3) is 5.91 Å². The largest absolute Gasteiger partial charge is 0.354 e. The van der Waals surface area contributed by atoms with Crippen molar-refractivity contribution < 1.29 is 14.4 Å². The summed E-state index contributed by atoms with van der Waals surface area (Å²) in [5.74, 6) is -0.402. The van der Waals surface area contributed by atoms with Crippen molar-refractivity contribution in [1.29, 1.82) is 0 Å². The minimum atomic E-state index is -0.197. The molecule has 5 heteroatoms. The number of hydrogen-bond acceptors (Lipinski definition) is 3. The van der Waals surface area contributed by atoms with Crippen molar-refractivity contribution in [2.45, 2.75) is 26.7 Å². The fourth-order valence-corrected chi connectivity index (χ4v) is 2.56. The van der Waals surface area contributed by atoms with Gasteiger partial charge in [0.1, 0.15) is 0 Å². The van der Waals surface area contributed by atoms with Crippen molar-refractivity contribution in [1.82, 2.24) is 10.6 Å². The van der Waals surface area contributed by atoms with Crippen molar-refractivity contribution >= 4 is 17.6 Å². The standard InChI is InChI=1S/C21H24N2O3/c1-15-8-9-16(2)18(14-15)19(24)10-11-20(25)22-12-13-23-21(26)17-6-4-3-5-7-17/h3-9,14H,10-13H2,1-2H3,(H,22,25)(H,23,26). The lowest BCUT2D eigenvalue weighted by atomic mass is 9.99. The molecule has 26 heavy (non-hydrogen) atoms. The third-order valence-corrected chi connectivity index (χ3v) is 4.04. The van der Waals surface area contributed by atoms with Crippen LogP contribution in [0.1, 0.15) is 44.7 Å². The topological polar surface area (TPSA) is 75.3 Å². The molecule has 2 rings (SSSR count). The first-order valence-electron chi connectivity index (χ1n) is 8.68. The Labute approximate surface area is 153 Å². The number of nitrogens with one attached hydrogen (secondary N) is 2. The van der Waals surface area contributed by atoms with Crippen molar-refractivity contribution in [2.24, 2.45) is 0 Å². The summed E-state index contributed by atoms with van der Waals surface area (Å²) < 4.78 is 0. The summed E-state index contributed by atoms with van der Waals surface area (Å²) in [6.45, 7) is 4.49. The van der Waals surface area contributed by atoms with Gasteiger partial charge in [-0.25, -0.2) is 0 Å². The van der Waals surface area contributed by atoms with Crippen LogP contribution < -0.4 is 10.6 Å². The van der Waals surface area contributed by atoms with Gasteiger partial charge < -0.3 is 10.6 Å². The van der Waals surface area contributed by atoms with Gasteiger partial charge in [-0.05, 0) is 37.6 Å². The Hall–Kier alpha value is -2.95. The van der Waals surface area contributed by atoms with Gasteiger partial charge in [-0.15, -0.1) is 0 Å². The lowest BCUT2D eigenvalue weighted by molar-refractivity contribution is -0.121. The van der Waals surface area contributed by atoms with Gasteiger partial charge in [0.2, 0.25) is 5.91 Å². The van der Waals surface area contributed by atoms with Gasteiger partial charge in [-0.1, -0.05) is 35.9 Å². The van der Waals surface area contributed by atoms with Crippen LogP contribution in [0.15, 0.2) is 48.5 Å². The van der Waals surface area contributed by atoms with Crippen LogP contribution in [0.3, 0.4) is 0 Å². The van der Waals surface area contributed by atoms with E-state index in [9.17, 15) is 14.4 Å². The average Bonchev–Trinajstić information content (AvgIpc) is 2.65. The first-order chi connectivity index (χ1) is 12.5. The van der Waals surface area contributed by atoms with E-state index in [1.165, 1.54) is 0 Å². The van der Waals surface area contributed by atoms with E-state index < -0.39 is 0 Å². The molecule has 0 unspecified atom stereocenters. The normalized spacial score (nSPS) is 10.2. The van der Waals surface area contributed by atoms with Crippen molar-refractivity contribution in [3.8, 4) is 0 Å². The van der Waals surface area contributed by atoms with E-state index in [0.29, 0.717) is 24.2 Å². The summed E-state index contributed by atoms with van der Waals surface area (Å²) in [5.41, 5.74) is 3.20. The number of ketones is 1. The first-order valence-corrected chi connectivity index (χ1v) is 8.68. The van der Waals surface area contributed by atoms with E-state index >= 15 is 0 Å². The third-order valence-electron chi connectivity index (χ3n) is 4.04. The molecule has 0 aliphatic rings. The van der Waals surface area contributed by atoms with Gasteiger partial charge in [-0.2, -0.15) is 0 Å². The second-order valence-electron chi connectivity index (χ2n) is 6.21. The molecule has 0 radical (unpaired) electrons. The Morgan fingerprint density at radius 3 is 2.27 bits per heavy atom. The zero-order chi connectivity index (χ0) is 18.9. The number of hydrogen-bond donors (Lipinski definition) is 2. The van der Waals surface area contributed by atoms with Crippen molar-refractivity contribution in [3.63, 3.8) is 0 Å². The fourth-order valence-electron chi connectivity index (χ4n) is 2.56. The van der Waals surface area contributed by atoms with Crippen LogP contribution in [0.5, 0.6) is 0 Å². The molecule has 2 aromatic carbocycles. The third kappa shape index (κ3) is 5.84. The molecule has 2 N–H and O–H groups in total. The van der Waals surface area contributed by atoms with E-state index in [2.05, 4.69) is 10.6 Å².